The molecule has 7 heteroatoms. The zero-order valence-electron chi connectivity index (χ0n) is 7.25. The van der Waals surface area contributed by atoms with Crippen LogP contribution in [-0.2, 0) is 0 Å². The summed E-state index contributed by atoms with van der Waals surface area (Å²) in [5, 5.41) is 4.80. The molecule has 0 aliphatic rings. The smallest absolute Gasteiger partial charge is 0.272 e. The molecule has 4 nitrogen and oxygen atoms in total. The molecule has 78 valence electrons. The molecule has 0 fully saturated rings. The van der Waals surface area contributed by atoms with Gasteiger partial charge in [-0.15, -0.1) is 0 Å². The van der Waals surface area contributed by atoms with E-state index in [1.54, 1.807) is 0 Å². The SMILES string of the molecule is O=c1[nH][nH]c(=S)n1-c1cc(F)ccc1Br. The lowest BCUT2D eigenvalue weighted by Gasteiger charge is -2.03. The van der Waals surface area contributed by atoms with Crippen LogP contribution in [0.5, 0.6) is 0 Å². The fourth-order valence-corrected chi connectivity index (χ4v) is 1.84. The van der Waals surface area contributed by atoms with Gasteiger partial charge in [0.05, 0.1) is 5.69 Å². The highest BCUT2D eigenvalue weighted by Gasteiger charge is 2.08. The van der Waals surface area contributed by atoms with E-state index < -0.39 is 11.5 Å². The average molecular weight is 290 g/mol. The second-order valence-electron chi connectivity index (χ2n) is 2.79. The molecule has 0 aliphatic carbocycles. The highest BCUT2D eigenvalue weighted by atomic mass is 79.9. The van der Waals surface area contributed by atoms with E-state index in [9.17, 15) is 9.18 Å². The van der Waals surface area contributed by atoms with Crippen molar-refractivity contribution in [1.82, 2.24) is 14.8 Å². The summed E-state index contributed by atoms with van der Waals surface area (Å²) in [6, 6.07) is 4.03. The largest absolute Gasteiger partial charge is 0.347 e. The highest BCUT2D eigenvalue weighted by Crippen LogP contribution is 2.20. The van der Waals surface area contributed by atoms with Crippen LogP contribution < -0.4 is 5.69 Å². The fourth-order valence-electron chi connectivity index (χ4n) is 1.19. The third-order valence-electron chi connectivity index (χ3n) is 1.83. The number of nitrogens with zero attached hydrogens (tertiary/aromatic N) is 1. The minimum atomic E-state index is -0.439. The van der Waals surface area contributed by atoms with E-state index in [0.717, 1.165) is 0 Å². The van der Waals surface area contributed by atoms with Gasteiger partial charge in [-0.05, 0) is 46.3 Å². The Hall–Kier alpha value is -1.21. The van der Waals surface area contributed by atoms with Gasteiger partial charge in [0.15, 0.2) is 0 Å². The lowest BCUT2D eigenvalue weighted by atomic mass is 10.3. The zero-order valence-corrected chi connectivity index (χ0v) is 9.65. The molecular weight excluding hydrogens is 285 g/mol. The van der Waals surface area contributed by atoms with Crippen LogP contribution in [0.3, 0.4) is 0 Å². The van der Waals surface area contributed by atoms with E-state index in [-0.39, 0.29) is 4.77 Å². The van der Waals surface area contributed by atoms with Gasteiger partial charge in [0.25, 0.3) is 0 Å². The van der Waals surface area contributed by atoms with E-state index in [0.29, 0.717) is 10.2 Å². The van der Waals surface area contributed by atoms with E-state index in [4.69, 9.17) is 12.2 Å². The van der Waals surface area contributed by atoms with Gasteiger partial charge in [-0.1, -0.05) is 0 Å². The standard InChI is InChI=1S/C8H5BrFN3OS/c9-5-2-1-4(10)3-6(5)13-7(14)11-12-8(13)15/h1-3H,(H,11,14)(H,12,15). The maximum Gasteiger partial charge on any atom is 0.347 e. The van der Waals surface area contributed by atoms with Crippen LogP contribution in [0, 0.1) is 10.6 Å². The molecule has 0 saturated carbocycles. The van der Waals surface area contributed by atoms with Crippen LogP contribution in [0.4, 0.5) is 4.39 Å². The molecule has 2 aromatic rings. The van der Waals surface area contributed by atoms with Crippen molar-refractivity contribution in [3.05, 3.63) is 43.7 Å². The minimum Gasteiger partial charge on any atom is -0.272 e. The number of hydrogen-bond donors (Lipinski definition) is 2. The number of aromatic amines is 2. The third-order valence-corrected chi connectivity index (χ3v) is 2.79. The number of H-pyrrole nitrogens is 2. The number of halogens is 2. The minimum absolute atomic E-state index is 0.186. The van der Waals surface area contributed by atoms with Crippen molar-refractivity contribution >= 4 is 28.1 Å². The summed E-state index contributed by atoms with van der Waals surface area (Å²) in [5.41, 5.74) is -0.0752. The molecule has 0 saturated heterocycles. The van der Waals surface area contributed by atoms with E-state index in [2.05, 4.69) is 26.1 Å². The number of aromatic nitrogens is 3. The molecule has 1 heterocycles. The van der Waals surface area contributed by atoms with Gasteiger partial charge in [-0.2, -0.15) is 0 Å². The summed E-state index contributed by atoms with van der Waals surface area (Å²) in [4.78, 5) is 11.4. The van der Waals surface area contributed by atoms with Gasteiger partial charge in [-0.3, -0.25) is 5.10 Å². The predicted molar refractivity (Wildman–Crippen MR) is 59.2 cm³/mol. The van der Waals surface area contributed by atoms with Crippen molar-refractivity contribution in [3.63, 3.8) is 0 Å². The van der Waals surface area contributed by atoms with Crippen LogP contribution in [0.15, 0.2) is 27.5 Å². The summed E-state index contributed by atoms with van der Waals surface area (Å²) >= 11 is 8.11. The molecule has 0 amide bonds. The topological polar surface area (TPSA) is 53.6 Å². The van der Waals surface area contributed by atoms with Crippen molar-refractivity contribution < 1.29 is 4.39 Å². The van der Waals surface area contributed by atoms with E-state index in [1.807, 2.05) is 0 Å². The monoisotopic (exact) mass is 289 g/mol. The Kier molecular flexibility index (Phi) is 2.57. The van der Waals surface area contributed by atoms with Crippen molar-refractivity contribution in [2.45, 2.75) is 0 Å². The maximum atomic E-state index is 13.0. The lowest BCUT2D eigenvalue weighted by Crippen LogP contribution is -2.15. The van der Waals surface area contributed by atoms with Crippen molar-refractivity contribution in [1.29, 1.82) is 0 Å². The number of benzene rings is 1. The molecular formula is C8H5BrFN3OS. The summed E-state index contributed by atoms with van der Waals surface area (Å²) < 4.78 is 15.0. The van der Waals surface area contributed by atoms with Crippen molar-refractivity contribution in [2.24, 2.45) is 0 Å². The van der Waals surface area contributed by atoms with E-state index >= 15 is 0 Å². The second kappa shape index (κ2) is 3.74. The molecule has 15 heavy (non-hydrogen) atoms. The molecule has 0 aliphatic heterocycles. The molecule has 1 aromatic carbocycles. The fraction of sp³-hybridized carbons (Fsp3) is 0. The van der Waals surface area contributed by atoms with Gasteiger partial charge in [0, 0.05) is 4.47 Å². The first-order valence-electron chi connectivity index (χ1n) is 3.95. The summed E-state index contributed by atoms with van der Waals surface area (Å²) in [6.45, 7) is 0. The first-order valence-corrected chi connectivity index (χ1v) is 5.15. The van der Waals surface area contributed by atoms with Crippen LogP contribution in [0.25, 0.3) is 5.69 Å². The van der Waals surface area contributed by atoms with Gasteiger partial charge in [-0.25, -0.2) is 18.9 Å². The number of hydrogen-bond acceptors (Lipinski definition) is 2. The Bertz CT molecular complexity index is 587. The third kappa shape index (κ3) is 1.80. The first-order chi connectivity index (χ1) is 7.09. The Morgan fingerprint density at radius 3 is 2.73 bits per heavy atom. The van der Waals surface area contributed by atoms with Crippen LogP contribution in [-0.4, -0.2) is 14.8 Å². The molecule has 0 bridgehead atoms. The Morgan fingerprint density at radius 1 is 1.40 bits per heavy atom. The molecule has 2 N–H and O–H groups in total. The zero-order chi connectivity index (χ0) is 11.0. The Morgan fingerprint density at radius 2 is 2.13 bits per heavy atom. The molecule has 0 atom stereocenters. The quantitative estimate of drug-likeness (QED) is 0.790. The maximum absolute atomic E-state index is 13.0. The first kappa shape index (κ1) is 10.3. The highest BCUT2D eigenvalue weighted by molar-refractivity contribution is 9.10. The van der Waals surface area contributed by atoms with Gasteiger partial charge in [0.2, 0.25) is 4.77 Å². The molecule has 0 unspecified atom stereocenters. The van der Waals surface area contributed by atoms with Gasteiger partial charge in [0.1, 0.15) is 5.82 Å². The summed E-state index contributed by atoms with van der Waals surface area (Å²) in [7, 11) is 0. The molecule has 0 spiro atoms. The van der Waals surface area contributed by atoms with Crippen LogP contribution in [0.2, 0.25) is 0 Å². The average Bonchev–Trinajstić information content (AvgIpc) is 2.51. The number of nitrogens with one attached hydrogen (secondary N) is 2. The normalized spacial score (nSPS) is 10.5. The predicted octanol–water partition coefficient (Wildman–Crippen LogP) is 2.12. The second-order valence-corrected chi connectivity index (χ2v) is 4.03. The van der Waals surface area contributed by atoms with Crippen molar-refractivity contribution in [2.75, 3.05) is 0 Å². The summed E-state index contributed by atoms with van der Waals surface area (Å²) in [5.74, 6) is -0.435. The van der Waals surface area contributed by atoms with Crippen LogP contribution in [0.1, 0.15) is 0 Å². The number of rotatable bonds is 1. The van der Waals surface area contributed by atoms with Gasteiger partial charge < -0.3 is 0 Å². The molecule has 1 aromatic heterocycles. The molecule has 0 radical (unpaired) electrons. The van der Waals surface area contributed by atoms with Gasteiger partial charge >= 0.3 is 5.69 Å². The van der Waals surface area contributed by atoms with E-state index in [1.165, 1.54) is 22.8 Å². The van der Waals surface area contributed by atoms with Crippen LogP contribution >= 0.6 is 28.1 Å². The van der Waals surface area contributed by atoms with Crippen molar-refractivity contribution in [3.8, 4) is 5.69 Å². The Balaban J connectivity index is 2.79. The lowest BCUT2D eigenvalue weighted by molar-refractivity contribution is 0.626. The molecule has 2 rings (SSSR count). The Labute approximate surface area is 96.9 Å². The summed E-state index contributed by atoms with van der Waals surface area (Å²) in [6.07, 6.45) is 0.